The molecule has 0 bridgehead atoms. The number of hydrogen-bond acceptors (Lipinski definition) is 2. The Morgan fingerprint density at radius 2 is 1.73 bits per heavy atom. The summed E-state index contributed by atoms with van der Waals surface area (Å²) in [7, 11) is 1.93. The van der Waals surface area contributed by atoms with Crippen molar-refractivity contribution in [1.29, 1.82) is 0 Å². The minimum atomic E-state index is 0.222. The van der Waals surface area contributed by atoms with Gasteiger partial charge in [0.1, 0.15) is 5.75 Å². The van der Waals surface area contributed by atoms with Crippen LogP contribution in [0.15, 0.2) is 0 Å². The number of nitrogens with one attached hydrogen (secondary N) is 1. The summed E-state index contributed by atoms with van der Waals surface area (Å²) < 4.78 is 0. The van der Waals surface area contributed by atoms with Crippen LogP contribution in [0, 0.1) is 20.8 Å². The maximum absolute atomic E-state index is 9.77. The topological polar surface area (TPSA) is 32.3 Å². The zero-order valence-electron chi connectivity index (χ0n) is 9.74. The van der Waals surface area contributed by atoms with Gasteiger partial charge >= 0.3 is 0 Å². The largest absolute Gasteiger partial charge is 0.506 e. The number of aromatic hydroxyl groups is 1. The second-order valence-electron chi connectivity index (χ2n) is 3.87. The summed E-state index contributed by atoms with van der Waals surface area (Å²) in [6, 6.07) is 0. The highest BCUT2D eigenvalue weighted by Crippen LogP contribution is 2.35. The van der Waals surface area contributed by atoms with Crippen LogP contribution in [0.5, 0.6) is 5.75 Å². The van der Waals surface area contributed by atoms with Gasteiger partial charge in [-0.25, -0.2) is 0 Å². The quantitative estimate of drug-likeness (QED) is 0.833. The van der Waals surface area contributed by atoms with Gasteiger partial charge in [0.15, 0.2) is 0 Å². The van der Waals surface area contributed by atoms with E-state index in [1.54, 1.807) is 0 Å². The van der Waals surface area contributed by atoms with Gasteiger partial charge in [-0.2, -0.15) is 0 Å². The van der Waals surface area contributed by atoms with Crippen LogP contribution in [-0.4, -0.2) is 18.7 Å². The minimum Gasteiger partial charge on any atom is -0.506 e. The molecule has 0 aliphatic heterocycles. The van der Waals surface area contributed by atoms with E-state index < -0.39 is 0 Å². The van der Waals surface area contributed by atoms with Gasteiger partial charge in [0.05, 0.1) is 5.02 Å². The van der Waals surface area contributed by atoms with Crippen molar-refractivity contribution in [1.82, 2.24) is 5.32 Å². The molecule has 84 valence electrons. The molecule has 0 atom stereocenters. The van der Waals surface area contributed by atoms with Crippen molar-refractivity contribution in [3.63, 3.8) is 0 Å². The molecule has 2 N–H and O–H groups in total. The Morgan fingerprint density at radius 1 is 1.13 bits per heavy atom. The third-order valence-corrected chi connectivity index (χ3v) is 3.45. The molecule has 1 aromatic rings. The molecule has 0 fully saturated rings. The molecule has 3 heteroatoms. The average Bonchev–Trinajstić information content (AvgIpc) is 2.24. The summed E-state index contributed by atoms with van der Waals surface area (Å²) in [6.45, 7) is 6.81. The monoisotopic (exact) mass is 227 g/mol. The molecule has 0 amide bonds. The van der Waals surface area contributed by atoms with E-state index in [4.69, 9.17) is 11.6 Å². The fourth-order valence-electron chi connectivity index (χ4n) is 1.78. The molecule has 0 unspecified atom stereocenters. The van der Waals surface area contributed by atoms with Crippen LogP contribution in [0.4, 0.5) is 0 Å². The SMILES string of the molecule is CNCCc1c(C)c(C)c(O)c(Cl)c1C. The Kier molecular flexibility index (Phi) is 4.00. The maximum atomic E-state index is 9.77. The van der Waals surface area contributed by atoms with E-state index in [1.807, 2.05) is 27.8 Å². The predicted molar refractivity (Wildman–Crippen MR) is 65.0 cm³/mol. The Labute approximate surface area is 96.3 Å². The van der Waals surface area contributed by atoms with E-state index in [9.17, 15) is 5.11 Å². The second kappa shape index (κ2) is 4.86. The average molecular weight is 228 g/mol. The molecule has 15 heavy (non-hydrogen) atoms. The maximum Gasteiger partial charge on any atom is 0.137 e. The molecule has 2 nitrogen and oxygen atoms in total. The van der Waals surface area contributed by atoms with Crippen LogP contribution in [0.1, 0.15) is 22.3 Å². The molecule has 0 aliphatic carbocycles. The number of rotatable bonds is 3. The van der Waals surface area contributed by atoms with Crippen LogP contribution in [-0.2, 0) is 6.42 Å². The first-order valence-electron chi connectivity index (χ1n) is 5.12. The van der Waals surface area contributed by atoms with E-state index in [-0.39, 0.29) is 5.75 Å². The fourth-order valence-corrected chi connectivity index (χ4v) is 2.04. The van der Waals surface area contributed by atoms with Crippen LogP contribution in [0.25, 0.3) is 0 Å². The molecule has 0 aliphatic rings. The molecular formula is C12H18ClNO. The lowest BCUT2D eigenvalue weighted by molar-refractivity contribution is 0.470. The first-order valence-corrected chi connectivity index (χ1v) is 5.50. The molecule has 1 aromatic carbocycles. The van der Waals surface area contributed by atoms with Crippen LogP contribution < -0.4 is 5.32 Å². The summed E-state index contributed by atoms with van der Waals surface area (Å²) in [5.41, 5.74) is 4.26. The normalized spacial score (nSPS) is 10.7. The van der Waals surface area contributed by atoms with E-state index in [2.05, 4.69) is 5.32 Å². The number of phenols is 1. The Bertz CT molecular complexity index is 345. The van der Waals surface area contributed by atoms with Crippen molar-refractivity contribution in [3.05, 3.63) is 27.3 Å². The van der Waals surface area contributed by atoms with E-state index in [1.165, 1.54) is 5.56 Å². The number of likely N-dealkylation sites (N-methyl/N-ethyl adjacent to an activating group) is 1. The number of halogens is 1. The molecule has 0 radical (unpaired) electrons. The summed E-state index contributed by atoms with van der Waals surface area (Å²) in [4.78, 5) is 0. The summed E-state index contributed by atoms with van der Waals surface area (Å²) in [5, 5.41) is 13.4. The highest BCUT2D eigenvalue weighted by Gasteiger charge is 2.14. The molecular weight excluding hydrogens is 210 g/mol. The number of phenolic OH excluding ortho intramolecular Hbond substituents is 1. The standard InChI is InChI=1S/C12H18ClNO/c1-7-8(2)12(15)11(13)9(3)10(7)5-6-14-4/h14-15H,5-6H2,1-4H3. The third kappa shape index (κ3) is 2.27. The van der Waals surface area contributed by atoms with Gasteiger partial charge in [0.25, 0.3) is 0 Å². The van der Waals surface area contributed by atoms with Gasteiger partial charge in [-0.05, 0) is 63.0 Å². The lowest BCUT2D eigenvalue weighted by atomic mass is 9.95. The summed E-state index contributed by atoms with van der Waals surface area (Å²) >= 11 is 6.07. The molecule has 0 saturated heterocycles. The van der Waals surface area contributed by atoms with E-state index in [0.717, 1.165) is 29.7 Å². The molecule has 0 spiro atoms. The lowest BCUT2D eigenvalue weighted by Gasteiger charge is -2.16. The van der Waals surface area contributed by atoms with Gasteiger partial charge in [0.2, 0.25) is 0 Å². The minimum absolute atomic E-state index is 0.222. The molecule has 0 heterocycles. The summed E-state index contributed by atoms with van der Waals surface area (Å²) in [6.07, 6.45) is 0.939. The first-order chi connectivity index (χ1) is 7.00. The zero-order valence-corrected chi connectivity index (χ0v) is 10.5. The van der Waals surface area contributed by atoms with Gasteiger partial charge in [0, 0.05) is 0 Å². The fraction of sp³-hybridized carbons (Fsp3) is 0.500. The number of hydrogen-bond donors (Lipinski definition) is 2. The van der Waals surface area contributed by atoms with Gasteiger partial charge in [-0.15, -0.1) is 0 Å². The number of benzene rings is 1. The predicted octanol–water partition coefficient (Wildman–Crippen LogP) is 2.73. The van der Waals surface area contributed by atoms with E-state index >= 15 is 0 Å². The first kappa shape index (κ1) is 12.3. The van der Waals surface area contributed by atoms with Crippen molar-refractivity contribution in [3.8, 4) is 5.75 Å². The second-order valence-corrected chi connectivity index (χ2v) is 4.25. The molecule has 1 rings (SSSR count). The third-order valence-electron chi connectivity index (χ3n) is 2.99. The van der Waals surface area contributed by atoms with Gasteiger partial charge in [-0.3, -0.25) is 0 Å². The van der Waals surface area contributed by atoms with E-state index in [0.29, 0.717) is 5.02 Å². The Morgan fingerprint density at radius 3 is 2.27 bits per heavy atom. The Hall–Kier alpha value is -0.730. The van der Waals surface area contributed by atoms with Gasteiger partial charge < -0.3 is 10.4 Å². The van der Waals surface area contributed by atoms with Crippen LogP contribution in [0.2, 0.25) is 5.02 Å². The van der Waals surface area contributed by atoms with Crippen molar-refractivity contribution < 1.29 is 5.11 Å². The zero-order chi connectivity index (χ0) is 11.6. The van der Waals surface area contributed by atoms with Crippen LogP contribution in [0.3, 0.4) is 0 Å². The van der Waals surface area contributed by atoms with Crippen molar-refractivity contribution in [2.24, 2.45) is 0 Å². The molecule has 0 aromatic heterocycles. The Balaban J connectivity index is 3.26. The van der Waals surface area contributed by atoms with Crippen molar-refractivity contribution >= 4 is 11.6 Å². The highest BCUT2D eigenvalue weighted by atomic mass is 35.5. The van der Waals surface area contributed by atoms with Crippen molar-refractivity contribution in [2.45, 2.75) is 27.2 Å². The van der Waals surface area contributed by atoms with Crippen molar-refractivity contribution in [2.75, 3.05) is 13.6 Å². The molecule has 0 saturated carbocycles. The summed E-state index contributed by atoms with van der Waals surface area (Å²) in [5.74, 6) is 0.222. The highest BCUT2D eigenvalue weighted by molar-refractivity contribution is 6.33. The smallest absolute Gasteiger partial charge is 0.137 e. The van der Waals surface area contributed by atoms with Gasteiger partial charge in [-0.1, -0.05) is 11.6 Å². The van der Waals surface area contributed by atoms with Crippen LogP contribution >= 0.6 is 11.6 Å². The lowest BCUT2D eigenvalue weighted by Crippen LogP contribution is -2.12.